The normalized spacial score (nSPS) is 20.8. The summed E-state index contributed by atoms with van der Waals surface area (Å²) in [5.74, 6) is 0.147. The summed E-state index contributed by atoms with van der Waals surface area (Å²) in [6.07, 6.45) is 5.41. The third-order valence-electron chi connectivity index (χ3n) is 5.52. The minimum atomic E-state index is -0.726. The Balaban J connectivity index is 1.77. The highest BCUT2D eigenvalue weighted by Crippen LogP contribution is 2.51. The van der Waals surface area contributed by atoms with Gasteiger partial charge >= 0.3 is 5.97 Å². The summed E-state index contributed by atoms with van der Waals surface area (Å²) in [6, 6.07) is 7.55. The zero-order valence-electron chi connectivity index (χ0n) is 15.4. The van der Waals surface area contributed by atoms with Crippen LogP contribution in [0.1, 0.15) is 25.3 Å². The molecule has 0 radical (unpaired) electrons. The lowest BCUT2D eigenvalue weighted by Crippen LogP contribution is -2.54. The van der Waals surface area contributed by atoms with E-state index >= 15 is 0 Å². The van der Waals surface area contributed by atoms with E-state index in [2.05, 4.69) is 4.90 Å². The quantitative estimate of drug-likeness (QED) is 0.843. The van der Waals surface area contributed by atoms with Crippen LogP contribution in [0.4, 0.5) is 0 Å². The van der Waals surface area contributed by atoms with Crippen LogP contribution in [0.3, 0.4) is 0 Å². The van der Waals surface area contributed by atoms with Crippen LogP contribution in [0, 0.1) is 5.41 Å². The van der Waals surface area contributed by atoms with Gasteiger partial charge in [-0.1, -0.05) is 24.3 Å². The second kappa shape index (κ2) is 7.50. The summed E-state index contributed by atoms with van der Waals surface area (Å²) in [6.45, 7) is 4.28. The number of benzene rings is 1. The third-order valence-corrected chi connectivity index (χ3v) is 5.52. The predicted molar refractivity (Wildman–Crippen MR) is 98.9 cm³/mol. The summed E-state index contributed by atoms with van der Waals surface area (Å²) in [4.78, 5) is 27.5. The summed E-state index contributed by atoms with van der Waals surface area (Å²) in [5.41, 5.74) is 0.320. The Morgan fingerprint density at radius 1 is 1.15 bits per heavy atom. The first-order valence-electron chi connectivity index (χ1n) is 9.01. The number of carboxylic acid groups (broad SMARTS) is 1. The molecular weight excluding hydrogens is 332 g/mol. The number of methoxy groups -OCH3 is 1. The largest absolute Gasteiger partial charge is 0.497 e. The molecule has 1 aliphatic carbocycles. The molecule has 140 valence electrons. The molecule has 26 heavy (non-hydrogen) atoms. The molecule has 1 N–H and O–H groups in total. The van der Waals surface area contributed by atoms with Crippen molar-refractivity contribution in [3.05, 3.63) is 35.9 Å². The van der Waals surface area contributed by atoms with E-state index in [1.807, 2.05) is 41.3 Å². The Morgan fingerprint density at radius 2 is 1.77 bits per heavy atom. The first-order valence-corrected chi connectivity index (χ1v) is 9.01. The number of piperazine rings is 1. The fourth-order valence-electron chi connectivity index (χ4n) is 3.66. The number of hydrogen-bond acceptors (Lipinski definition) is 4. The number of carbonyl (C=O) groups excluding carboxylic acids is 1. The van der Waals surface area contributed by atoms with Crippen molar-refractivity contribution in [1.29, 1.82) is 0 Å². The molecule has 1 atom stereocenters. The van der Waals surface area contributed by atoms with Gasteiger partial charge in [0.05, 0.1) is 12.5 Å². The lowest BCUT2D eigenvalue weighted by Gasteiger charge is -2.40. The average molecular weight is 358 g/mol. The molecule has 1 saturated carbocycles. The van der Waals surface area contributed by atoms with Crippen molar-refractivity contribution >= 4 is 18.0 Å². The zero-order chi connectivity index (χ0) is 18.7. The molecule has 1 saturated heterocycles. The van der Waals surface area contributed by atoms with E-state index in [0.29, 0.717) is 39.0 Å². The minimum absolute atomic E-state index is 0.0781. The predicted octanol–water partition coefficient (Wildman–Crippen LogP) is 2.11. The van der Waals surface area contributed by atoms with Crippen molar-refractivity contribution in [2.45, 2.75) is 25.8 Å². The fourth-order valence-corrected chi connectivity index (χ4v) is 3.66. The van der Waals surface area contributed by atoms with Gasteiger partial charge in [-0.15, -0.1) is 0 Å². The van der Waals surface area contributed by atoms with Gasteiger partial charge in [0.25, 0.3) is 0 Å². The van der Waals surface area contributed by atoms with Gasteiger partial charge in [0.15, 0.2) is 0 Å². The van der Waals surface area contributed by atoms with E-state index in [1.165, 1.54) is 0 Å². The van der Waals surface area contributed by atoms with E-state index in [0.717, 1.165) is 11.3 Å². The number of hydrogen-bond donors (Lipinski definition) is 1. The van der Waals surface area contributed by atoms with E-state index < -0.39 is 11.4 Å². The highest BCUT2D eigenvalue weighted by Gasteiger charge is 2.57. The Hall–Kier alpha value is -2.34. The van der Waals surface area contributed by atoms with E-state index in [-0.39, 0.29) is 11.9 Å². The molecule has 1 aromatic rings. The number of nitrogens with zero attached hydrogens (tertiary/aromatic N) is 2. The highest BCUT2D eigenvalue weighted by atomic mass is 16.5. The Kier molecular flexibility index (Phi) is 5.32. The average Bonchev–Trinajstić information content (AvgIpc) is 3.45. The number of carboxylic acids is 1. The van der Waals surface area contributed by atoms with Crippen LogP contribution < -0.4 is 4.74 Å². The molecule has 2 aliphatic rings. The van der Waals surface area contributed by atoms with Gasteiger partial charge in [0.1, 0.15) is 5.75 Å². The first-order chi connectivity index (χ1) is 12.5. The highest BCUT2D eigenvalue weighted by molar-refractivity contribution is 5.79. The number of rotatable bonds is 6. The Labute approximate surface area is 154 Å². The van der Waals surface area contributed by atoms with E-state index in [4.69, 9.17) is 4.74 Å². The second-order valence-electron chi connectivity index (χ2n) is 7.08. The second-order valence-corrected chi connectivity index (χ2v) is 7.08. The van der Waals surface area contributed by atoms with Crippen LogP contribution in [0.5, 0.6) is 5.75 Å². The SMILES string of the molecule is COc1ccc(/C=C/C(N2CCN(C(C)=O)CC2)C2(C(=O)O)CC2)cc1. The summed E-state index contributed by atoms with van der Waals surface area (Å²) >= 11 is 0. The van der Waals surface area contributed by atoms with E-state index in [1.54, 1.807) is 14.0 Å². The smallest absolute Gasteiger partial charge is 0.311 e. The van der Waals surface area contributed by atoms with Crippen molar-refractivity contribution in [2.75, 3.05) is 33.3 Å². The standard InChI is InChI=1S/C20H26N2O4/c1-15(23)21-11-13-22(14-12-21)18(20(9-10-20)19(24)25)8-5-16-3-6-17(26-2)7-4-16/h3-8,18H,9-14H2,1-2H3,(H,24,25)/b8-5+. The molecule has 1 aromatic carbocycles. The van der Waals surface area contributed by atoms with Gasteiger partial charge in [-0.3, -0.25) is 14.5 Å². The molecule has 1 heterocycles. The van der Waals surface area contributed by atoms with Crippen LogP contribution in [-0.4, -0.2) is 66.1 Å². The van der Waals surface area contributed by atoms with Gasteiger partial charge in [-0.2, -0.15) is 0 Å². The molecule has 0 bridgehead atoms. The maximum absolute atomic E-state index is 11.9. The Bertz CT molecular complexity index is 686. The number of ether oxygens (including phenoxy) is 1. The maximum atomic E-state index is 11.9. The molecule has 0 spiro atoms. The van der Waals surface area contributed by atoms with E-state index in [9.17, 15) is 14.7 Å². The van der Waals surface area contributed by atoms with Crippen molar-refractivity contribution in [3.8, 4) is 5.75 Å². The molecule has 6 heteroatoms. The van der Waals surface area contributed by atoms with Gasteiger partial charge in [-0.05, 0) is 30.5 Å². The number of carbonyl (C=O) groups is 2. The molecule has 2 fully saturated rings. The maximum Gasteiger partial charge on any atom is 0.311 e. The summed E-state index contributed by atoms with van der Waals surface area (Å²) in [7, 11) is 1.63. The number of aliphatic carboxylic acids is 1. The Morgan fingerprint density at radius 3 is 2.23 bits per heavy atom. The van der Waals surface area contributed by atoms with Crippen molar-refractivity contribution in [3.63, 3.8) is 0 Å². The minimum Gasteiger partial charge on any atom is -0.497 e. The molecule has 1 amide bonds. The van der Waals surface area contributed by atoms with Gasteiger partial charge in [0, 0.05) is 39.1 Å². The monoisotopic (exact) mass is 358 g/mol. The molecule has 6 nitrogen and oxygen atoms in total. The van der Waals surface area contributed by atoms with Crippen LogP contribution in [0.25, 0.3) is 6.08 Å². The van der Waals surface area contributed by atoms with Crippen molar-refractivity contribution in [2.24, 2.45) is 5.41 Å². The van der Waals surface area contributed by atoms with Crippen LogP contribution >= 0.6 is 0 Å². The first kappa shape index (κ1) is 18.5. The van der Waals surface area contributed by atoms with Gasteiger partial charge in [0.2, 0.25) is 5.91 Å². The lowest BCUT2D eigenvalue weighted by atomic mass is 9.93. The van der Waals surface area contributed by atoms with Crippen LogP contribution in [0.15, 0.2) is 30.3 Å². The molecular formula is C20H26N2O4. The van der Waals surface area contributed by atoms with Gasteiger partial charge in [-0.25, -0.2) is 0 Å². The van der Waals surface area contributed by atoms with Gasteiger partial charge < -0.3 is 14.7 Å². The number of amides is 1. The molecule has 0 aromatic heterocycles. The lowest BCUT2D eigenvalue weighted by molar-refractivity contribution is -0.146. The fraction of sp³-hybridized carbons (Fsp3) is 0.500. The van der Waals surface area contributed by atoms with Crippen molar-refractivity contribution < 1.29 is 19.4 Å². The van der Waals surface area contributed by atoms with Crippen molar-refractivity contribution in [1.82, 2.24) is 9.80 Å². The summed E-state index contributed by atoms with van der Waals surface area (Å²) < 4.78 is 5.17. The summed E-state index contributed by atoms with van der Waals surface area (Å²) in [5, 5.41) is 9.77. The molecule has 1 unspecified atom stereocenters. The van der Waals surface area contributed by atoms with Crippen LogP contribution in [-0.2, 0) is 9.59 Å². The molecule has 3 rings (SSSR count). The zero-order valence-corrected chi connectivity index (χ0v) is 15.4. The third kappa shape index (κ3) is 3.75. The topological polar surface area (TPSA) is 70.1 Å². The molecule has 1 aliphatic heterocycles. The van der Waals surface area contributed by atoms with Crippen LogP contribution in [0.2, 0.25) is 0 Å².